The second kappa shape index (κ2) is 8.37. The van der Waals surface area contributed by atoms with E-state index < -0.39 is 33.6 Å². The Morgan fingerprint density at radius 3 is 2.50 bits per heavy atom. The Bertz CT molecular complexity index is 483. The molecule has 0 heterocycles. The molecule has 8 nitrogen and oxygen atoms in total. The largest absolute Gasteiger partial charge is 0.450 e. The number of nitrogens with zero attached hydrogens (tertiary/aromatic N) is 2. The summed E-state index contributed by atoms with van der Waals surface area (Å²) in [6.45, 7) is 2.09. The van der Waals surface area contributed by atoms with Gasteiger partial charge in [0.1, 0.15) is 15.9 Å². The van der Waals surface area contributed by atoms with E-state index in [-0.39, 0.29) is 6.61 Å². The number of carbonyl (C=O) groups is 2. The summed E-state index contributed by atoms with van der Waals surface area (Å²) in [5.41, 5.74) is 0. The van der Waals surface area contributed by atoms with Crippen molar-refractivity contribution in [3.63, 3.8) is 0 Å². The highest BCUT2D eigenvalue weighted by Gasteiger charge is 2.28. The molecule has 0 radical (unpaired) electrons. The second-order valence-electron chi connectivity index (χ2n) is 4.28. The zero-order chi connectivity index (χ0) is 15.8. The minimum Gasteiger partial charge on any atom is -0.450 e. The average molecular weight is 305 g/mol. The van der Waals surface area contributed by atoms with Crippen LogP contribution in [0.5, 0.6) is 0 Å². The number of hydrogen-bond acceptors (Lipinski definition) is 6. The molecule has 1 N–H and O–H groups in total. The molecule has 0 saturated heterocycles. The van der Waals surface area contributed by atoms with E-state index in [0.29, 0.717) is 11.3 Å². The molecule has 0 fully saturated rings. The van der Waals surface area contributed by atoms with Gasteiger partial charge in [0, 0.05) is 13.3 Å². The van der Waals surface area contributed by atoms with Crippen molar-refractivity contribution in [3.05, 3.63) is 0 Å². The number of sulfone groups is 1. The van der Waals surface area contributed by atoms with Crippen LogP contribution in [0.15, 0.2) is 0 Å². The number of likely N-dealkylation sites (N-methyl/N-ethyl adjacent to an activating group) is 1. The molecule has 0 saturated carbocycles. The highest BCUT2D eigenvalue weighted by atomic mass is 32.2. The van der Waals surface area contributed by atoms with Crippen molar-refractivity contribution in [2.75, 3.05) is 25.7 Å². The summed E-state index contributed by atoms with van der Waals surface area (Å²) in [7, 11) is -2.33. The minimum absolute atomic E-state index is 0.177. The molecular formula is C11H19N3O5S. The van der Waals surface area contributed by atoms with Gasteiger partial charge < -0.3 is 10.1 Å². The Labute approximate surface area is 118 Å². The second-order valence-corrected chi connectivity index (χ2v) is 6.46. The van der Waals surface area contributed by atoms with Crippen molar-refractivity contribution in [2.24, 2.45) is 0 Å². The van der Waals surface area contributed by atoms with Gasteiger partial charge >= 0.3 is 6.09 Å². The van der Waals surface area contributed by atoms with Crippen LogP contribution in [-0.4, -0.2) is 57.0 Å². The predicted molar refractivity (Wildman–Crippen MR) is 71.3 cm³/mol. The first-order chi connectivity index (χ1) is 9.21. The standard InChI is InChI=1S/C11H19N3O5S/c1-4-5-6-19-11(16)13-9(7-20(3,17)18)10(15)14(2)8-12/h9H,4-7H2,1-3H3,(H,13,16). The van der Waals surface area contributed by atoms with Gasteiger partial charge in [-0.15, -0.1) is 0 Å². The van der Waals surface area contributed by atoms with Gasteiger partial charge in [-0.05, 0) is 6.42 Å². The number of alkyl carbamates (subject to hydrolysis) is 1. The first kappa shape index (κ1) is 18.2. The number of unbranched alkanes of at least 4 members (excludes halogenated alkanes) is 1. The third kappa shape index (κ3) is 7.58. The summed E-state index contributed by atoms with van der Waals surface area (Å²) in [6.07, 6.45) is 3.10. The fourth-order valence-corrected chi connectivity index (χ4v) is 2.09. The van der Waals surface area contributed by atoms with Crippen molar-refractivity contribution in [1.82, 2.24) is 10.2 Å². The highest BCUT2D eigenvalue weighted by Crippen LogP contribution is 1.98. The lowest BCUT2D eigenvalue weighted by Crippen LogP contribution is -2.49. The highest BCUT2D eigenvalue weighted by molar-refractivity contribution is 7.90. The van der Waals surface area contributed by atoms with E-state index >= 15 is 0 Å². The third-order valence-corrected chi connectivity index (χ3v) is 3.21. The van der Waals surface area contributed by atoms with Crippen LogP contribution in [0.25, 0.3) is 0 Å². The summed E-state index contributed by atoms with van der Waals surface area (Å²) in [5.74, 6) is -1.41. The molecule has 0 rings (SSSR count). The fourth-order valence-electron chi connectivity index (χ4n) is 1.25. The zero-order valence-electron chi connectivity index (χ0n) is 11.7. The van der Waals surface area contributed by atoms with E-state index in [9.17, 15) is 18.0 Å². The van der Waals surface area contributed by atoms with E-state index in [1.54, 1.807) is 6.19 Å². The minimum atomic E-state index is -3.51. The van der Waals surface area contributed by atoms with Crippen LogP contribution in [-0.2, 0) is 19.4 Å². The SMILES string of the molecule is CCCCOC(=O)NC(CS(C)(=O)=O)C(=O)N(C)C#N. The molecule has 1 atom stereocenters. The Morgan fingerprint density at radius 2 is 2.05 bits per heavy atom. The molecule has 114 valence electrons. The van der Waals surface area contributed by atoms with Crippen molar-refractivity contribution in [2.45, 2.75) is 25.8 Å². The normalized spacial score (nSPS) is 12.1. The van der Waals surface area contributed by atoms with Gasteiger partial charge in [-0.2, -0.15) is 5.26 Å². The molecule has 0 aromatic carbocycles. The van der Waals surface area contributed by atoms with Gasteiger partial charge in [0.25, 0.3) is 5.91 Å². The van der Waals surface area contributed by atoms with Crippen LogP contribution in [0.3, 0.4) is 0 Å². The van der Waals surface area contributed by atoms with Gasteiger partial charge in [0.05, 0.1) is 12.4 Å². The number of nitriles is 1. The molecule has 0 aromatic rings. The molecular weight excluding hydrogens is 286 g/mol. The monoisotopic (exact) mass is 305 g/mol. The number of amides is 2. The first-order valence-corrected chi connectivity index (χ1v) is 8.05. The lowest BCUT2D eigenvalue weighted by Gasteiger charge is -2.19. The smallest absolute Gasteiger partial charge is 0.407 e. The van der Waals surface area contributed by atoms with Gasteiger partial charge in [0.15, 0.2) is 6.19 Å². The maximum atomic E-state index is 11.8. The maximum absolute atomic E-state index is 11.8. The van der Waals surface area contributed by atoms with Crippen LogP contribution in [0.1, 0.15) is 19.8 Å². The van der Waals surface area contributed by atoms with E-state index in [2.05, 4.69) is 5.32 Å². The number of rotatable bonds is 7. The number of nitrogens with one attached hydrogen (secondary N) is 1. The van der Waals surface area contributed by atoms with E-state index in [4.69, 9.17) is 10.00 Å². The number of hydrogen-bond donors (Lipinski definition) is 1. The summed E-state index contributed by atoms with van der Waals surface area (Å²) in [6, 6.07) is -1.34. The van der Waals surface area contributed by atoms with Crippen molar-refractivity contribution in [3.8, 4) is 6.19 Å². The van der Waals surface area contributed by atoms with E-state index in [1.165, 1.54) is 7.05 Å². The van der Waals surface area contributed by atoms with Crippen molar-refractivity contribution in [1.29, 1.82) is 5.26 Å². The lowest BCUT2D eigenvalue weighted by atomic mass is 10.3. The fraction of sp³-hybridized carbons (Fsp3) is 0.727. The molecule has 0 aromatic heterocycles. The number of carbonyl (C=O) groups excluding carboxylic acids is 2. The molecule has 0 aliphatic carbocycles. The molecule has 0 aliphatic heterocycles. The predicted octanol–water partition coefficient (Wildman–Crippen LogP) is -0.135. The van der Waals surface area contributed by atoms with Crippen molar-refractivity contribution >= 4 is 21.8 Å². The molecule has 1 unspecified atom stereocenters. The third-order valence-electron chi connectivity index (χ3n) is 2.27. The summed E-state index contributed by atoms with van der Waals surface area (Å²) in [5, 5.41) is 10.8. The van der Waals surface area contributed by atoms with Crippen LogP contribution in [0, 0.1) is 11.5 Å². The molecule has 0 bridgehead atoms. The lowest BCUT2D eigenvalue weighted by molar-refractivity contribution is -0.128. The van der Waals surface area contributed by atoms with Gasteiger partial charge in [0.2, 0.25) is 0 Å². The van der Waals surface area contributed by atoms with Crippen LogP contribution in [0.2, 0.25) is 0 Å². The maximum Gasteiger partial charge on any atom is 0.407 e. The van der Waals surface area contributed by atoms with Gasteiger partial charge in [-0.3, -0.25) is 9.69 Å². The molecule has 9 heteroatoms. The van der Waals surface area contributed by atoms with Crippen LogP contribution in [0.4, 0.5) is 4.79 Å². The summed E-state index contributed by atoms with van der Waals surface area (Å²) < 4.78 is 27.3. The molecule has 0 spiro atoms. The van der Waals surface area contributed by atoms with Crippen LogP contribution < -0.4 is 5.32 Å². The summed E-state index contributed by atoms with van der Waals surface area (Å²) in [4.78, 5) is 23.9. The first-order valence-electron chi connectivity index (χ1n) is 5.99. The van der Waals surface area contributed by atoms with E-state index in [1.807, 2.05) is 6.92 Å². The zero-order valence-corrected chi connectivity index (χ0v) is 12.6. The number of ether oxygens (including phenoxy) is 1. The van der Waals surface area contributed by atoms with Gasteiger partial charge in [-0.25, -0.2) is 13.2 Å². The Kier molecular flexibility index (Phi) is 7.61. The summed E-state index contributed by atoms with van der Waals surface area (Å²) >= 11 is 0. The van der Waals surface area contributed by atoms with Gasteiger partial charge in [-0.1, -0.05) is 13.3 Å². The van der Waals surface area contributed by atoms with Crippen molar-refractivity contribution < 1.29 is 22.7 Å². The Balaban J connectivity index is 4.75. The molecule has 2 amide bonds. The van der Waals surface area contributed by atoms with Crippen LogP contribution >= 0.6 is 0 Å². The topological polar surface area (TPSA) is 117 Å². The quantitative estimate of drug-likeness (QED) is 0.397. The van der Waals surface area contributed by atoms with E-state index in [0.717, 1.165) is 12.7 Å². The average Bonchev–Trinajstić information content (AvgIpc) is 2.34. The molecule has 0 aliphatic rings. The molecule has 20 heavy (non-hydrogen) atoms. The Hall–Kier alpha value is -1.82. The Morgan fingerprint density at radius 1 is 1.45 bits per heavy atom.